The van der Waals surface area contributed by atoms with Crippen molar-refractivity contribution < 1.29 is 14.3 Å². The first-order valence-electron chi connectivity index (χ1n) is 12.2. The third-order valence-corrected chi connectivity index (χ3v) is 6.46. The molecule has 0 unspecified atom stereocenters. The number of nitrogens with one attached hydrogen (secondary N) is 1. The molecule has 4 rings (SSSR count). The van der Waals surface area contributed by atoms with Gasteiger partial charge in [-0.25, -0.2) is 4.98 Å². The van der Waals surface area contributed by atoms with Crippen molar-refractivity contribution in [2.24, 2.45) is 0 Å². The van der Waals surface area contributed by atoms with Gasteiger partial charge in [-0.2, -0.15) is 0 Å². The van der Waals surface area contributed by atoms with E-state index >= 15 is 0 Å². The zero-order chi connectivity index (χ0) is 23.4. The van der Waals surface area contributed by atoms with Gasteiger partial charge in [0, 0.05) is 37.4 Å². The second kappa shape index (κ2) is 10.4. The fraction of sp³-hybridized carbons (Fsp3) is 0.538. The quantitative estimate of drug-likeness (QED) is 0.597. The number of hydrogen-bond acceptors (Lipinski definition) is 6. The van der Waals surface area contributed by atoms with Gasteiger partial charge in [0.25, 0.3) is 5.91 Å². The summed E-state index contributed by atoms with van der Waals surface area (Å²) in [7, 11) is 0. The van der Waals surface area contributed by atoms with E-state index in [1.165, 1.54) is 24.0 Å². The highest BCUT2D eigenvalue weighted by Crippen LogP contribution is 2.49. The summed E-state index contributed by atoms with van der Waals surface area (Å²) >= 11 is 0. The standard InChI is InChI=1S/C26H36N4O3/c1-4-32-22-13-18(14-23(33-5-2)24(22)19-6-7-19)16-30-10-8-21(9-11-30)29-26(31)20-12-17(3)25(27)28-15-20/h12-15,19,21H,4-11,16H2,1-3H3,(H2,27,28)(H,29,31). The Kier molecular flexibility index (Phi) is 7.38. The molecule has 2 heterocycles. The Bertz CT molecular complexity index is 954. The predicted octanol–water partition coefficient (Wildman–Crippen LogP) is 4.04. The molecule has 7 nitrogen and oxygen atoms in total. The Morgan fingerprint density at radius 2 is 1.73 bits per heavy atom. The SMILES string of the molecule is CCOc1cc(CN2CCC(NC(=O)c3cnc(N)c(C)c3)CC2)cc(OCC)c1C1CC1. The topological polar surface area (TPSA) is 89.7 Å². The van der Waals surface area contributed by atoms with E-state index in [9.17, 15) is 4.79 Å². The van der Waals surface area contributed by atoms with Gasteiger partial charge in [0.15, 0.2) is 0 Å². The van der Waals surface area contributed by atoms with E-state index in [0.717, 1.165) is 49.5 Å². The summed E-state index contributed by atoms with van der Waals surface area (Å²) in [6, 6.07) is 6.36. The number of nitrogen functional groups attached to an aromatic ring is 1. The molecular weight excluding hydrogens is 416 g/mol. The van der Waals surface area contributed by atoms with Crippen molar-refractivity contribution in [2.45, 2.75) is 65.0 Å². The van der Waals surface area contributed by atoms with Gasteiger partial charge in [-0.3, -0.25) is 9.69 Å². The number of anilines is 1. The Labute approximate surface area is 196 Å². The summed E-state index contributed by atoms with van der Waals surface area (Å²) in [6.45, 7) is 9.96. The number of carbonyl (C=O) groups excluding carboxylic acids is 1. The molecule has 2 aromatic rings. The van der Waals surface area contributed by atoms with E-state index in [2.05, 4.69) is 27.3 Å². The van der Waals surface area contributed by atoms with Crippen molar-refractivity contribution in [3.63, 3.8) is 0 Å². The number of aryl methyl sites for hydroxylation is 1. The maximum atomic E-state index is 12.6. The molecule has 0 spiro atoms. The lowest BCUT2D eigenvalue weighted by atomic mass is 10.0. The van der Waals surface area contributed by atoms with Crippen LogP contribution in [0.2, 0.25) is 0 Å². The van der Waals surface area contributed by atoms with Crippen LogP contribution in [0.3, 0.4) is 0 Å². The zero-order valence-corrected chi connectivity index (χ0v) is 20.0. The van der Waals surface area contributed by atoms with Gasteiger partial charge in [-0.1, -0.05) is 0 Å². The van der Waals surface area contributed by atoms with Crippen LogP contribution in [-0.2, 0) is 6.54 Å². The third kappa shape index (κ3) is 5.77. The Morgan fingerprint density at radius 1 is 1.09 bits per heavy atom. The van der Waals surface area contributed by atoms with Crippen LogP contribution in [0.25, 0.3) is 0 Å². The first-order valence-corrected chi connectivity index (χ1v) is 12.2. The van der Waals surface area contributed by atoms with Gasteiger partial charge in [-0.05, 0) is 81.7 Å². The van der Waals surface area contributed by atoms with Crippen LogP contribution in [0.5, 0.6) is 11.5 Å². The lowest BCUT2D eigenvalue weighted by Gasteiger charge is -2.32. The number of amides is 1. The van der Waals surface area contributed by atoms with E-state index in [4.69, 9.17) is 15.2 Å². The number of rotatable bonds is 9. The van der Waals surface area contributed by atoms with Gasteiger partial charge < -0.3 is 20.5 Å². The first-order chi connectivity index (χ1) is 16.0. The number of pyridine rings is 1. The summed E-state index contributed by atoms with van der Waals surface area (Å²) in [4.78, 5) is 19.1. The number of nitrogens with zero attached hydrogens (tertiary/aromatic N) is 2. The molecule has 33 heavy (non-hydrogen) atoms. The second-order valence-electron chi connectivity index (χ2n) is 9.10. The van der Waals surface area contributed by atoms with Crippen molar-refractivity contribution >= 4 is 11.7 Å². The summed E-state index contributed by atoms with van der Waals surface area (Å²) in [5.74, 6) is 2.92. The number of nitrogens with two attached hydrogens (primary N) is 1. The van der Waals surface area contributed by atoms with Gasteiger partial charge in [0.2, 0.25) is 0 Å². The number of likely N-dealkylation sites (tertiary alicyclic amines) is 1. The van der Waals surface area contributed by atoms with Crippen LogP contribution < -0.4 is 20.5 Å². The average molecular weight is 453 g/mol. The highest BCUT2D eigenvalue weighted by Gasteiger charge is 2.31. The van der Waals surface area contributed by atoms with Crippen molar-refractivity contribution in [1.29, 1.82) is 0 Å². The molecule has 0 radical (unpaired) electrons. The maximum Gasteiger partial charge on any atom is 0.253 e. The molecule has 1 aliphatic heterocycles. The summed E-state index contributed by atoms with van der Waals surface area (Å²) < 4.78 is 12.0. The van der Waals surface area contributed by atoms with Crippen LogP contribution in [0.15, 0.2) is 24.4 Å². The number of carbonyl (C=O) groups is 1. The van der Waals surface area contributed by atoms with Gasteiger partial charge in [-0.15, -0.1) is 0 Å². The highest BCUT2D eigenvalue weighted by atomic mass is 16.5. The molecule has 7 heteroatoms. The number of hydrogen-bond donors (Lipinski definition) is 2. The Hall–Kier alpha value is -2.80. The smallest absolute Gasteiger partial charge is 0.253 e. The Morgan fingerprint density at radius 3 is 2.27 bits per heavy atom. The lowest BCUT2D eigenvalue weighted by Crippen LogP contribution is -2.44. The summed E-state index contributed by atoms with van der Waals surface area (Å²) in [6.07, 6.45) is 5.81. The summed E-state index contributed by atoms with van der Waals surface area (Å²) in [5.41, 5.74) is 9.62. The van der Waals surface area contributed by atoms with E-state index in [-0.39, 0.29) is 11.9 Å². The first kappa shape index (κ1) is 23.4. The van der Waals surface area contributed by atoms with Crippen LogP contribution >= 0.6 is 0 Å². The maximum absolute atomic E-state index is 12.6. The molecule has 1 aromatic carbocycles. The third-order valence-electron chi connectivity index (χ3n) is 6.46. The van der Waals surface area contributed by atoms with Crippen molar-refractivity contribution in [2.75, 3.05) is 32.0 Å². The van der Waals surface area contributed by atoms with E-state index < -0.39 is 0 Å². The number of piperidine rings is 1. The molecule has 1 aromatic heterocycles. The molecule has 0 atom stereocenters. The fourth-order valence-electron chi connectivity index (χ4n) is 4.54. The second-order valence-corrected chi connectivity index (χ2v) is 9.10. The Balaban J connectivity index is 1.36. The van der Waals surface area contributed by atoms with E-state index in [0.29, 0.717) is 30.5 Å². The van der Waals surface area contributed by atoms with Crippen LogP contribution in [0.4, 0.5) is 5.82 Å². The molecule has 2 fully saturated rings. The van der Waals surface area contributed by atoms with E-state index in [1.807, 2.05) is 20.8 Å². The van der Waals surface area contributed by atoms with Crippen LogP contribution in [0, 0.1) is 6.92 Å². The molecule has 3 N–H and O–H groups in total. The van der Waals surface area contributed by atoms with Crippen molar-refractivity contribution in [3.8, 4) is 11.5 Å². The normalized spacial score (nSPS) is 17.1. The van der Waals surface area contributed by atoms with Crippen molar-refractivity contribution in [3.05, 3.63) is 46.6 Å². The molecule has 1 saturated heterocycles. The molecular formula is C26H36N4O3. The number of ether oxygens (including phenoxy) is 2. The minimum atomic E-state index is -0.0811. The number of benzene rings is 1. The molecule has 1 amide bonds. The minimum absolute atomic E-state index is 0.0811. The lowest BCUT2D eigenvalue weighted by molar-refractivity contribution is 0.0908. The molecule has 0 bridgehead atoms. The van der Waals surface area contributed by atoms with Gasteiger partial charge in [0.05, 0.1) is 18.8 Å². The van der Waals surface area contributed by atoms with Gasteiger partial charge in [0.1, 0.15) is 17.3 Å². The highest BCUT2D eigenvalue weighted by molar-refractivity contribution is 5.94. The summed E-state index contributed by atoms with van der Waals surface area (Å²) in [5, 5.41) is 3.16. The number of aromatic nitrogens is 1. The van der Waals surface area contributed by atoms with Crippen LogP contribution in [0.1, 0.15) is 72.5 Å². The monoisotopic (exact) mass is 452 g/mol. The van der Waals surface area contributed by atoms with Crippen molar-refractivity contribution in [1.82, 2.24) is 15.2 Å². The molecule has 1 aliphatic carbocycles. The fourth-order valence-corrected chi connectivity index (χ4v) is 4.54. The molecule has 1 saturated carbocycles. The predicted molar refractivity (Wildman–Crippen MR) is 130 cm³/mol. The average Bonchev–Trinajstić information content (AvgIpc) is 3.62. The largest absolute Gasteiger partial charge is 0.493 e. The minimum Gasteiger partial charge on any atom is -0.493 e. The van der Waals surface area contributed by atoms with Crippen LogP contribution in [-0.4, -0.2) is 48.1 Å². The van der Waals surface area contributed by atoms with E-state index in [1.54, 1.807) is 12.3 Å². The van der Waals surface area contributed by atoms with Gasteiger partial charge >= 0.3 is 0 Å². The zero-order valence-electron chi connectivity index (χ0n) is 20.0. The molecule has 178 valence electrons. The molecule has 2 aliphatic rings.